The molecule has 32 heavy (non-hydrogen) atoms. The molecule has 1 aliphatic heterocycles. The summed E-state index contributed by atoms with van der Waals surface area (Å²) in [5.41, 5.74) is 2.60. The number of nitrogens with zero attached hydrogens (tertiary/aromatic N) is 2. The van der Waals surface area contributed by atoms with Gasteiger partial charge in [0.2, 0.25) is 5.89 Å². The van der Waals surface area contributed by atoms with Gasteiger partial charge in [-0.3, -0.25) is 0 Å². The normalized spacial score (nSPS) is 13.3. The molecule has 4 rings (SSSR count). The van der Waals surface area contributed by atoms with Gasteiger partial charge in [-0.25, -0.2) is 14.6 Å². The largest absolute Gasteiger partial charge is 0.497 e. The number of carbonyl (C=O) groups is 2. The molecular formula is C24H20N2O6. The van der Waals surface area contributed by atoms with Crippen molar-refractivity contribution in [3.05, 3.63) is 78.2 Å². The number of carbonyl (C=O) groups excluding carboxylic acids is 2. The van der Waals surface area contributed by atoms with Gasteiger partial charge in [-0.15, -0.1) is 0 Å². The van der Waals surface area contributed by atoms with Crippen molar-refractivity contribution in [2.75, 3.05) is 26.2 Å². The third-order valence-electron chi connectivity index (χ3n) is 4.86. The zero-order chi connectivity index (χ0) is 22.7. The van der Waals surface area contributed by atoms with Gasteiger partial charge in [-0.1, -0.05) is 12.1 Å². The SMILES string of the molecule is COC(=O)C1=C(C(=O)OC)N(c2ccc3oc(-c4cccc(OC)c4)nc3c2)C=CC=C1. The molecule has 3 aromatic rings. The zero-order valence-corrected chi connectivity index (χ0v) is 17.7. The number of oxazole rings is 1. The van der Waals surface area contributed by atoms with Gasteiger partial charge in [0.15, 0.2) is 5.58 Å². The van der Waals surface area contributed by atoms with Crippen LogP contribution in [0.25, 0.3) is 22.6 Å². The molecule has 0 fully saturated rings. The van der Waals surface area contributed by atoms with E-state index in [2.05, 4.69) is 4.98 Å². The summed E-state index contributed by atoms with van der Waals surface area (Å²) in [4.78, 5) is 31.1. The molecule has 2 heterocycles. The highest BCUT2D eigenvalue weighted by Crippen LogP contribution is 2.32. The minimum atomic E-state index is -0.682. The molecule has 0 saturated heterocycles. The van der Waals surface area contributed by atoms with E-state index < -0.39 is 11.9 Å². The second kappa shape index (κ2) is 8.81. The number of hydrogen-bond acceptors (Lipinski definition) is 8. The summed E-state index contributed by atoms with van der Waals surface area (Å²) in [5, 5.41) is 0. The topological polar surface area (TPSA) is 91.1 Å². The lowest BCUT2D eigenvalue weighted by atomic mass is 10.1. The Labute approximate surface area is 184 Å². The number of anilines is 1. The number of fused-ring (bicyclic) bond motifs is 1. The molecule has 1 aliphatic rings. The Morgan fingerprint density at radius 1 is 0.969 bits per heavy atom. The highest BCUT2D eigenvalue weighted by atomic mass is 16.5. The van der Waals surface area contributed by atoms with E-state index in [0.717, 1.165) is 5.56 Å². The first-order valence-corrected chi connectivity index (χ1v) is 9.65. The molecule has 0 saturated carbocycles. The molecule has 8 nitrogen and oxygen atoms in total. The third kappa shape index (κ3) is 3.85. The van der Waals surface area contributed by atoms with E-state index in [1.807, 2.05) is 24.3 Å². The molecule has 0 unspecified atom stereocenters. The van der Waals surface area contributed by atoms with Crippen LogP contribution in [0.3, 0.4) is 0 Å². The second-order valence-corrected chi connectivity index (χ2v) is 6.72. The van der Waals surface area contributed by atoms with E-state index in [9.17, 15) is 9.59 Å². The van der Waals surface area contributed by atoms with E-state index in [1.165, 1.54) is 20.3 Å². The average molecular weight is 432 g/mol. The van der Waals surface area contributed by atoms with Gasteiger partial charge in [0, 0.05) is 17.5 Å². The zero-order valence-electron chi connectivity index (χ0n) is 17.7. The van der Waals surface area contributed by atoms with Crippen LogP contribution in [0, 0.1) is 0 Å². The Bertz CT molecular complexity index is 1280. The number of ether oxygens (including phenoxy) is 3. The molecule has 0 spiro atoms. The van der Waals surface area contributed by atoms with Gasteiger partial charge in [-0.2, -0.15) is 0 Å². The molecule has 0 bridgehead atoms. The summed E-state index contributed by atoms with van der Waals surface area (Å²) in [7, 11) is 4.10. The van der Waals surface area contributed by atoms with Gasteiger partial charge in [0.25, 0.3) is 0 Å². The van der Waals surface area contributed by atoms with E-state index in [4.69, 9.17) is 18.6 Å². The quantitative estimate of drug-likeness (QED) is 0.559. The number of aromatic nitrogens is 1. The molecule has 0 N–H and O–H groups in total. The Balaban J connectivity index is 1.81. The van der Waals surface area contributed by atoms with Gasteiger partial charge >= 0.3 is 11.9 Å². The number of benzene rings is 2. The van der Waals surface area contributed by atoms with Crippen LogP contribution in [-0.4, -0.2) is 38.3 Å². The highest BCUT2D eigenvalue weighted by Gasteiger charge is 2.27. The maximum atomic E-state index is 12.6. The van der Waals surface area contributed by atoms with E-state index in [0.29, 0.717) is 28.4 Å². The van der Waals surface area contributed by atoms with Crippen molar-refractivity contribution < 1.29 is 28.2 Å². The maximum Gasteiger partial charge on any atom is 0.355 e. The van der Waals surface area contributed by atoms with Crippen LogP contribution in [0.15, 0.2) is 82.6 Å². The van der Waals surface area contributed by atoms with Gasteiger partial charge < -0.3 is 23.5 Å². The van der Waals surface area contributed by atoms with Gasteiger partial charge in [0.1, 0.15) is 17.0 Å². The minimum Gasteiger partial charge on any atom is -0.497 e. The average Bonchev–Trinajstić information content (AvgIpc) is 3.14. The Kier molecular flexibility index (Phi) is 5.76. The van der Waals surface area contributed by atoms with Crippen molar-refractivity contribution in [2.45, 2.75) is 0 Å². The number of esters is 2. The van der Waals surface area contributed by atoms with Crippen LogP contribution < -0.4 is 9.64 Å². The van der Waals surface area contributed by atoms with Crippen LogP contribution in [-0.2, 0) is 19.1 Å². The number of hydrogen-bond donors (Lipinski definition) is 0. The molecule has 0 amide bonds. The monoisotopic (exact) mass is 432 g/mol. The molecule has 0 radical (unpaired) electrons. The third-order valence-corrected chi connectivity index (χ3v) is 4.86. The summed E-state index contributed by atoms with van der Waals surface area (Å²) in [6.07, 6.45) is 6.51. The fourth-order valence-corrected chi connectivity index (χ4v) is 3.31. The van der Waals surface area contributed by atoms with E-state index in [-0.39, 0.29) is 11.3 Å². The highest BCUT2D eigenvalue weighted by molar-refractivity contribution is 6.05. The maximum absolute atomic E-state index is 12.6. The Morgan fingerprint density at radius 3 is 2.53 bits per heavy atom. The molecular weight excluding hydrogens is 412 g/mol. The van der Waals surface area contributed by atoms with Crippen molar-refractivity contribution in [1.82, 2.24) is 4.98 Å². The number of methoxy groups -OCH3 is 3. The molecule has 162 valence electrons. The van der Waals surface area contributed by atoms with Crippen molar-refractivity contribution in [2.24, 2.45) is 0 Å². The molecule has 0 aliphatic carbocycles. The lowest BCUT2D eigenvalue weighted by Gasteiger charge is -2.22. The fourth-order valence-electron chi connectivity index (χ4n) is 3.31. The standard InChI is InChI=1S/C24H20N2O6/c1-29-17-8-6-7-15(13-17)22-25-19-14-16(10-11-20(19)32-22)26-12-5-4-9-18(23(27)30-2)21(26)24(28)31-3/h4-14H,1-3H3. The van der Waals surface area contributed by atoms with Gasteiger partial charge in [0.05, 0.1) is 26.9 Å². The lowest BCUT2D eigenvalue weighted by molar-refractivity contribution is -0.139. The van der Waals surface area contributed by atoms with Crippen LogP contribution >= 0.6 is 0 Å². The number of allylic oxidation sites excluding steroid dienone is 2. The van der Waals surface area contributed by atoms with Crippen LogP contribution in [0.5, 0.6) is 5.75 Å². The summed E-state index contributed by atoms with van der Waals surface area (Å²) in [6, 6.07) is 12.7. The van der Waals surface area contributed by atoms with E-state index in [1.54, 1.807) is 48.6 Å². The van der Waals surface area contributed by atoms with E-state index >= 15 is 0 Å². The first-order chi connectivity index (χ1) is 15.5. The molecule has 1 aromatic heterocycles. The smallest absolute Gasteiger partial charge is 0.355 e. The molecule has 2 aromatic carbocycles. The Morgan fingerprint density at radius 2 is 1.78 bits per heavy atom. The summed E-state index contributed by atoms with van der Waals surface area (Å²) in [5.74, 6) is -0.212. The fraction of sp³-hybridized carbons (Fsp3) is 0.125. The predicted molar refractivity (Wildman–Crippen MR) is 118 cm³/mol. The Hall–Kier alpha value is -4.33. The summed E-state index contributed by atoms with van der Waals surface area (Å²) < 4.78 is 20.9. The molecule has 0 atom stereocenters. The van der Waals surface area contributed by atoms with Crippen molar-refractivity contribution in [1.29, 1.82) is 0 Å². The predicted octanol–water partition coefficient (Wildman–Crippen LogP) is 3.99. The lowest BCUT2D eigenvalue weighted by Crippen LogP contribution is -2.26. The van der Waals surface area contributed by atoms with Gasteiger partial charge in [-0.05, 0) is 48.6 Å². The first-order valence-electron chi connectivity index (χ1n) is 9.65. The molecule has 8 heteroatoms. The second-order valence-electron chi connectivity index (χ2n) is 6.72. The van der Waals surface area contributed by atoms with Crippen molar-refractivity contribution in [3.63, 3.8) is 0 Å². The van der Waals surface area contributed by atoms with Crippen LogP contribution in [0.1, 0.15) is 0 Å². The first kappa shape index (κ1) is 20.9. The van der Waals surface area contributed by atoms with Crippen LogP contribution in [0.4, 0.5) is 5.69 Å². The summed E-state index contributed by atoms with van der Waals surface area (Å²) in [6.45, 7) is 0. The van der Waals surface area contributed by atoms with Crippen molar-refractivity contribution >= 4 is 28.7 Å². The van der Waals surface area contributed by atoms with Crippen molar-refractivity contribution in [3.8, 4) is 17.2 Å². The minimum absolute atomic E-state index is 0.0280. The number of rotatable bonds is 5. The van der Waals surface area contributed by atoms with Crippen LogP contribution in [0.2, 0.25) is 0 Å². The summed E-state index contributed by atoms with van der Waals surface area (Å²) >= 11 is 0.